The van der Waals surface area contributed by atoms with Gasteiger partial charge in [0.25, 0.3) is 11.6 Å². The zero-order chi connectivity index (χ0) is 27.8. The first-order valence-corrected chi connectivity index (χ1v) is 11.0. The average molecular weight is 574 g/mol. The lowest BCUT2D eigenvalue weighted by molar-refractivity contribution is -0.384. The average Bonchev–Trinajstić information content (AvgIpc) is 3.27. The predicted molar refractivity (Wildman–Crippen MR) is 112 cm³/mol. The van der Waals surface area contributed by atoms with E-state index in [1.165, 1.54) is 6.20 Å². The third kappa shape index (κ3) is 5.64. The number of hydrogen-bond acceptors (Lipinski definition) is 8. The number of aromatic nitrogens is 2. The zero-order valence-electron chi connectivity index (χ0n) is 17.5. The molecule has 1 aromatic carbocycles. The van der Waals surface area contributed by atoms with Crippen LogP contribution in [0.3, 0.4) is 0 Å². The van der Waals surface area contributed by atoms with E-state index in [1.54, 1.807) is 0 Å². The highest BCUT2D eigenvalue weighted by atomic mass is 32.2. The molecule has 0 saturated carbocycles. The summed E-state index contributed by atoms with van der Waals surface area (Å²) in [6.45, 7) is -0.333. The lowest BCUT2D eigenvalue weighted by Crippen LogP contribution is -2.50. The minimum absolute atomic E-state index is 0.0512. The standard InChI is InChI=1S/C19H10F8N4O4S2/c20-12-3-8(17(21,22)18(23,24)19(25,26)27)5-28-14(12)30-15(33)11-4-9(31(34)35)1-2-13(11)37-16-29-6-10(7-32)36-16/h1-6,32H,7H2,(H,28,30,33). The Kier molecular flexibility index (Phi) is 7.75. The second kappa shape index (κ2) is 10.2. The number of benzene rings is 1. The summed E-state index contributed by atoms with van der Waals surface area (Å²) < 4.78 is 106. The molecule has 0 fully saturated rings. The van der Waals surface area contributed by atoms with Gasteiger partial charge in [-0.15, -0.1) is 11.3 Å². The summed E-state index contributed by atoms with van der Waals surface area (Å²) in [6.07, 6.45) is -5.50. The third-order valence-electron chi connectivity index (χ3n) is 4.49. The first-order valence-electron chi connectivity index (χ1n) is 9.40. The first kappa shape index (κ1) is 28.2. The molecule has 2 N–H and O–H groups in total. The molecule has 0 aliphatic carbocycles. The summed E-state index contributed by atoms with van der Waals surface area (Å²) in [7, 11) is 0. The predicted octanol–water partition coefficient (Wildman–Crippen LogP) is 5.77. The number of aliphatic hydroxyl groups excluding tert-OH is 1. The van der Waals surface area contributed by atoms with Crippen molar-refractivity contribution in [2.75, 3.05) is 5.32 Å². The van der Waals surface area contributed by atoms with E-state index in [9.17, 15) is 50.0 Å². The number of non-ortho nitro benzene ring substituents is 1. The van der Waals surface area contributed by atoms with Crippen molar-refractivity contribution in [1.82, 2.24) is 9.97 Å². The van der Waals surface area contributed by atoms with Crippen LogP contribution in [-0.4, -0.2) is 38.0 Å². The zero-order valence-corrected chi connectivity index (χ0v) is 19.2. The Morgan fingerprint density at radius 1 is 1.11 bits per heavy atom. The molecule has 0 spiro atoms. The Hall–Kier alpha value is -3.38. The molecule has 0 aliphatic rings. The van der Waals surface area contributed by atoms with Gasteiger partial charge in [0.05, 0.1) is 22.0 Å². The molecule has 18 heteroatoms. The molecule has 0 radical (unpaired) electrons. The van der Waals surface area contributed by atoms with Gasteiger partial charge in [0.2, 0.25) is 0 Å². The lowest BCUT2D eigenvalue weighted by atomic mass is 10.0. The molecule has 0 bridgehead atoms. The second-order valence-electron chi connectivity index (χ2n) is 6.95. The molecule has 0 unspecified atom stereocenters. The highest BCUT2D eigenvalue weighted by Gasteiger charge is 2.73. The number of halogens is 8. The molecule has 0 aliphatic heterocycles. The highest BCUT2D eigenvalue weighted by Crippen LogP contribution is 2.51. The Morgan fingerprint density at radius 2 is 1.78 bits per heavy atom. The van der Waals surface area contributed by atoms with Crippen molar-refractivity contribution in [3.05, 3.63) is 68.6 Å². The van der Waals surface area contributed by atoms with Crippen LogP contribution in [0.2, 0.25) is 0 Å². The van der Waals surface area contributed by atoms with Gasteiger partial charge in [-0.1, -0.05) is 11.8 Å². The topological polar surface area (TPSA) is 118 Å². The number of pyridine rings is 1. The quantitative estimate of drug-likeness (QED) is 0.199. The van der Waals surface area contributed by atoms with Crippen LogP contribution < -0.4 is 5.32 Å². The molecule has 0 saturated heterocycles. The molecule has 8 nitrogen and oxygen atoms in total. The molecule has 3 aromatic rings. The third-order valence-corrected chi connectivity index (χ3v) is 6.62. The van der Waals surface area contributed by atoms with Crippen LogP contribution in [0, 0.1) is 15.9 Å². The summed E-state index contributed by atoms with van der Waals surface area (Å²) >= 11 is 1.86. The molecule has 2 heterocycles. The maximum absolute atomic E-state index is 14.4. The molecular weight excluding hydrogens is 564 g/mol. The number of thiazole rings is 1. The van der Waals surface area contributed by atoms with Crippen LogP contribution in [0.1, 0.15) is 20.8 Å². The minimum atomic E-state index is -6.66. The molecular formula is C19H10F8N4O4S2. The SMILES string of the molecule is O=C(Nc1ncc(C(F)(F)C(F)(F)C(F)(F)F)cc1F)c1cc([N+](=O)[O-])ccc1Sc1ncc(CO)s1. The van der Waals surface area contributed by atoms with Gasteiger partial charge in [-0.05, 0) is 12.1 Å². The lowest BCUT2D eigenvalue weighted by Gasteiger charge is -2.28. The van der Waals surface area contributed by atoms with Crippen LogP contribution in [0.5, 0.6) is 0 Å². The van der Waals surface area contributed by atoms with E-state index in [1.807, 2.05) is 5.32 Å². The van der Waals surface area contributed by atoms with E-state index in [0.29, 0.717) is 9.22 Å². The van der Waals surface area contributed by atoms with Gasteiger partial charge in [0, 0.05) is 35.0 Å². The highest BCUT2D eigenvalue weighted by molar-refractivity contribution is 8.01. The Balaban J connectivity index is 1.93. The van der Waals surface area contributed by atoms with Gasteiger partial charge in [0.15, 0.2) is 16.0 Å². The van der Waals surface area contributed by atoms with Crippen LogP contribution in [0.15, 0.2) is 45.9 Å². The number of carbonyl (C=O) groups is 1. The van der Waals surface area contributed by atoms with Crippen LogP contribution in [0.25, 0.3) is 0 Å². The molecule has 37 heavy (non-hydrogen) atoms. The van der Waals surface area contributed by atoms with E-state index in [0.717, 1.165) is 41.3 Å². The summed E-state index contributed by atoms with van der Waals surface area (Å²) in [6, 6.07) is 2.64. The van der Waals surface area contributed by atoms with Gasteiger partial charge in [-0.2, -0.15) is 30.7 Å². The van der Waals surface area contributed by atoms with Gasteiger partial charge >= 0.3 is 18.0 Å². The fourth-order valence-corrected chi connectivity index (χ4v) is 4.59. The summed E-state index contributed by atoms with van der Waals surface area (Å²) in [5.41, 5.74) is -3.11. The minimum Gasteiger partial charge on any atom is -0.391 e. The number of anilines is 1. The van der Waals surface area contributed by atoms with Gasteiger partial charge < -0.3 is 10.4 Å². The van der Waals surface area contributed by atoms with Crippen molar-refractivity contribution in [3.63, 3.8) is 0 Å². The monoisotopic (exact) mass is 574 g/mol. The smallest absolute Gasteiger partial charge is 0.391 e. The summed E-state index contributed by atoms with van der Waals surface area (Å²) in [4.78, 5) is 30.5. The maximum atomic E-state index is 14.4. The van der Waals surface area contributed by atoms with E-state index in [2.05, 4.69) is 9.97 Å². The number of nitro benzene ring substituents is 1. The number of hydrogen-bond donors (Lipinski definition) is 2. The summed E-state index contributed by atoms with van der Waals surface area (Å²) in [5, 5.41) is 22.1. The van der Waals surface area contributed by atoms with Crippen LogP contribution in [-0.2, 0) is 12.5 Å². The fraction of sp³-hybridized carbons (Fsp3) is 0.211. The Labute approximate surface area is 208 Å². The van der Waals surface area contributed by atoms with Gasteiger partial charge in [-0.25, -0.2) is 14.4 Å². The maximum Gasteiger partial charge on any atom is 0.460 e. The molecule has 198 valence electrons. The number of alkyl halides is 7. The molecule has 3 rings (SSSR count). The first-order chi connectivity index (χ1) is 17.1. The van der Waals surface area contributed by atoms with E-state index < -0.39 is 57.3 Å². The second-order valence-corrected chi connectivity index (χ2v) is 9.35. The largest absolute Gasteiger partial charge is 0.460 e. The van der Waals surface area contributed by atoms with Crippen LogP contribution >= 0.6 is 23.1 Å². The Morgan fingerprint density at radius 3 is 2.32 bits per heavy atom. The van der Waals surface area contributed by atoms with Crippen molar-refractivity contribution in [3.8, 4) is 0 Å². The van der Waals surface area contributed by atoms with E-state index in [-0.39, 0.29) is 23.8 Å². The molecule has 0 atom stereocenters. The number of nitrogens with one attached hydrogen (secondary N) is 1. The number of amides is 1. The van der Waals surface area contributed by atoms with Crippen molar-refractivity contribution in [2.45, 2.75) is 33.9 Å². The Bertz CT molecular complexity index is 1350. The number of nitrogens with zero attached hydrogens (tertiary/aromatic N) is 3. The van der Waals surface area contributed by atoms with E-state index in [4.69, 9.17) is 5.11 Å². The molecule has 2 aromatic heterocycles. The van der Waals surface area contributed by atoms with Crippen molar-refractivity contribution < 1.29 is 49.9 Å². The van der Waals surface area contributed by atoms with E-state index >= 15 is 0 Å². The number of rotatable bonds is 8. The summed E-state index contributed by atoms with van der Waals surface area (Å²) in [5.74, 6) is -16.7. The van der Waals surface area contributed by atoms with Crippen LogP contribution in [0.4, 0.5) is 46.6 Å². The normalized spacial score (nSPS) is 12.5. The number of nitro groups is 1. The fourth-order valence-electron chi connectivity index (χ4n) is 2.64. The van der Waals surface area contributed by atoms with Crippen molar-refractivity contribution in [2.24, 2.45) is 0 Å². The van der Waals surface area contributed by atoms with Crippen molar-refractivity contribution in [1.29, 1.82) is 0 Å². The number of aliphatic hydroxyl groups is 1. The van der Waals surface area contributed by atoms with Crippen molar-refractivity contribution >= 4 is 40.5 Å². The molecule has 1 amide bonds. The van der Waals surface area contributed by atoms with Gasteiger partial charge in [0.1, 0.15) is 0 Å². The van der Waals surface area contributed by atoms with Gasteiger partial charge in [-0.3, -0.25) is 14.9 Å². The number of carbonyl (C=O) groups excluding carboxylic acids is 1.